The number of barbiturate groups is 1. The molecule has 0 unspecified atom stereocenters. The molecule has 148 valence electrons. The van der Waals surface area contributed by atoms with Gasteiger partial charge >= 0.3 is 6.03 Å². The minimum atomic E-state index is -1.02. The first-order valence-corrected chi connectivity index (χ1v) is 8.43. The van der Waals surface area contributed by atoms with Crippen molar-refractivity contribution in [2.75, 3.05) is 11.5 Å². The van der Waals surface area contributed by atoms with Crippen LogP contribution in [0.25, 0.3) is 6.08 Å². The first-order valence-electron chi connectivity index (χ1n) is 8.43. The summed E-state index contributed by atoms with van der Waals surface area (Å²) in [5, 5.41) is 22.8. The summed E-state index contributed by atoms with van der Waals surface area (Å²) in [6.07, 6.45) is 1.23. The molecule has 0 bridgehead atoms. The third-order valence-electron chi connectivity index (χ3n) is 4.00. The minimum Gasteiger partial charge on any atom is -0.504 e. The molecular weight excluding hydrogens is 382 g/mol. The summed E-state index contributed by atoms with van der Waals surface area (Å²) in [5.41, 5.74) is -0.353. The van der Waals surface area contributed by atoms with Gasteiger partial charge in [-0.05, 0) is 36.8 Å². The predicted octanol–water partition coefficient (Wildman–Crippen LogP) is 2.37. The van der Waals surface area contributed by atoms with Crippen molar-refractivity contribution in [2.24, 2.45) is 0 Å². The van der Waals surface area contributed by atoms with Gasteiger partial charge < -0.3 is 9.84 Å². The van der Waals surface area contributed by atoms with E-state index < -0.39 is 22.8 Å². The lowest BCUT2D eigenvalue weighted by Crippen LogP contribution is -2.54. The van der Waals surface area contributed by atoms with Gasteiger partial charge in [0.2, 0.25) is 0 Å². The van der Waals surface area contributed by atoms with E-state index in [0.29, 0.717) is 17.1 Å². The quantitative estimate of drug-likeness (QED) is 0.342. The van der Waals surface area contributed by atoms with Gasteiger partial charge in [-0.25, -0.2) is 9.69 Å². The number of hydrogen-bond donors (Lipinski definition) is 2. The predicted molar refractivity (Wildman–Crippen MR) is 101 cm³/mol. The number of amides is 4. The van der Waals surface area contributed by atoms with Crippen molar-refractivity contribution in [3.05, 3.63) is 63.7 Å². The zero-order chi connectivity index (χ0) is 21.1. The van der Waals surface area contributed by atoms with Gasteiger partial charge in [0.05, 0.1) is 17.2 Å². The molecular formula is C19H15N3O7. The van der Waals surface area contributed by atoms with E-state index in [4.69, 9.17) is 4.74 Å². The number of non-ortho nitro benzene ring substituents is 1. The van der Waals surface area contributed by atoms with Crippen molar-refractivity contribution in [1.82, 2.24) is 5.32 Å². The standard InChI is InChI=1S/C19H15N3O7/c1-2-29-16-9-11(6-7-15(16)23)8-14-17(24)20-19(26)21(18(14)25)12-4-3-5-13(10-12)22(27)28/h3-10,23H,2H2,1H3,(H,20,24,26). The van der Waals surface area contributed by atoms with Crippen LogP contribution in [0, 0.1) is 10.1 Å². The second kappa shape index (κ2) is 7.80. The number of nitro benzene ring substituents is 1. The average molecular weight is 397 g/mol. The van der Waals surface area contributed by atoms with Crippen LogP contribution in [0.4, 0.5) is 16.2 Å². The summed E-state index contributed by atoms with van der Waals surface area (Å²) in [5.74, 6) is -1.79. The van der Waals surface area contributed by atoms with Crippen LogP contribution in [-0.2, 0) is 9.59 Å². The molecule has 0 saturated carbocycles. The Morgan fingerprint density at radius 1 is 1.21 bits per heavy atom. The number of ether oxygens (including phenoxy) is 1. The largest absolute Gasteiger partial charge is 0.504 e. The molecule has 2 aromatic carbocycles. The van der Waals surface area contributed by atoms with Gasteiger partial charge in [-0.2, -0.15) is 0 Å². The highest BCUT2D eigenvalue weighted by Gasteiger charge is 2.37. The zero-order valence-corrected chi connectivity index (χ0v) is 15.1. The molecule has 1 aliphatic rings. The number of hydrogen-bond acceptors (Lipinski definition) is 7. The second-order valence-corrected chi connectivity index (χ2v) is 5.89. The molecule has 0 atom stereocenters. The number of carbonyl (C=O) groups is 3. The Balaban J connectivity index is 2.01. The Labute approximate surface area is 164 Å². The average Bonchev–Trinajstić information content (AvgIpc) is 2.68. The number of nitro groups is 1. The van der Waals surface area contributed by atoms with Crippen molar-refractivity contribution in [3.8, 4) is 11.5 Å². The maximum atomic E-state index is 12.8. The Morgan fingerprint density at radius 2 is 1.97 bits per heavy atom. The molecule has 0 aromatic heterocycles. The third kappa shape index (κ3) is 3.90. The van der Waals surface area contributed by atoms with E-state index in [0.717, 1.165) is 6.07 Å². The number of nitrogens with one attached hydrogen (secondary N) is 1. The molecule has 1 saturated heterocycles. The third-order valence-corrected chi connectivity index (χ3v) is 4.00. The fourth-order valence-corrected chi connectivity index (χ4v) is 2.70. The van der Waals surface area contributed by atoms with Crippen LogP contribution in [0.3, 0.4) is 0 Å². The lowest BCUT2D eigenvalue weighted by molar-refractivity contribution is -0.384. The topological polar surface area (TPSA) is 139 Å². The molecule has 2 N–H and O–H groups in total. The summed E-state index contributed by atoms with van der Waals surface area (Å²) in [7, 11) is 0. The molecule has 1 aliphatic heterocycles. The fourth-order valence-electron chi connectivity index (χ4n) is 2.70. The first-order chi connectivity index (χ1) is 13.8. The van der Waals surface area contributed by atoms with Crippen molar-refractivity contribution < 1.29 is 29.2 Å². The highest BCUT2D eigenvalue weighted by Crippen LogP contribution is 2.29. The Kier molecular flexibility index (Phi) is 5.26. The van der Waals surface area contributed by atoms with Crippen molar-refractivity contribution >= 4 is 35.3 Å². The van der Waals surface area contributed by atoms with Crippen LogP contribution in [0.5, 0.6) is 11.5 Å². The van der Waals surface area contributed by atoms with Crippen molar-refractivity contribution in [3.63, 3.8) is 0 Å². The summed E-state index contributed by atoms with van der Waals surface area (Å²) in [6, 6.07) is 8.14. The number of benzene rings is 2. The maximum absolute atomic E-state index is 12.8. The molecule has 0 spiro atoms. The molecule has 1 heterocycles. The van der Waals surface area contributed by atoms with Crippen LogP contribution < -0.4 is 15.0 Å². The van der Waals surface area contributed by atoms with Crippen LogP contribution in [-0.4, -0.2) is 34.5 Å². The van der Waals surface area contributed by atoms with E-state index >= 15 is 0 Å². The second-order valence-electron chi connectivity index (χ2n) is 5.89. The van der Waals surface area contributed by atoms with Crippen LogP contribution in [0.1, 0.15) is 12.5 Å². The summed E-state index contributed by atoms with van der Waals surface area (Å²) in [4.78, 5) is 48.2. The number of imide groups is 2. The van der Waals surface area contributed by atoms with E-state index in [1.165, 1.54) is 42.5 Å². The van der Waals surface area contributed by atoms with Gasteiger partial charge in [-0.15, -0.1) is 0 Å². The molecule has 4 amide bonds. The van der Waals surface area contributed by atoms with Crippen molar-refractivity contribution in [1.29, 1.82) is 0 Å². The summed E-state index contributed by atoms with van der Waals surface area (Å²) in [6.45, 7) is 2.02. The lowest BCUT2D eigenvalue weighted by Gasteiger charge is -2.26. The van der Waals surface area contributed by atoms with Crippen LogP contribution >= 0.6 is 0 Å². The van der Waals surface area contributed by atoms with Gasteiger partial charge in [-0.3, -0.25) is 25.0 Å². The zero-order valence-electron chi connectivity index (χ0n) is 15.1. The number of anilines is 1. The number of phenols is 1. The van der Waals surface area contributed by atoms with E-state index in [2.05, 4.69) is 0 Å². The maximum Gasteiger partial charge on any atom is 0.335 e. The first kappa shape index (κ1) is 19.5. The molecule has 0 radical (unpaired) electrons. The van der Waals surface area contributed by atoms with E-state index in [1.807, 2.05) is 5.32 Å². The monoisotopic (exact) mass is 397 g/mol. The Hall–Kier alpha value is -4.21. The molecule has 2 aromatic rings. The van der Waals surface area contributed by atoms with Gasteiger partial charge in [0.25, 0.3) is 17.5 Å². The van der Waals surface area contributed by atoms with Crippen LogP contribution in [0.15, 0.2) is 48.0 Å². The summed E-state index contributed by atoms with van der Waals surface area (Å²) < 4.78 is 5.27. The number of carbonyl (C=O) groups excluding carboxylic acids is 3. The number of aromatic hydroxyl groups is 1. The Morgan fingerprint density at radius 3 is 2.66 bits per heavy atom. The molecule has 0 aliphatic carbocycles. The van der Waals surface area contributed by atoms with E-state index in [-0.39, 0.29) is 28.4 Å². The molecule has 3 rings (SSSR count). The molecule has 29 heavy (non-hydrogen) atoms. The highest BCUT2D eigenvalue weighted by atomic mass is 16.6. The number of urea groups is 1. The SMILES string of the molecule is CCOc1cc(C=C2C(=O)NC(=O)N(c3cccc([N+](=O)[O-])c3)C2=O)ccc1O. The smallest absolute Gasteiger partial charge is 0.335 e. The molecule has 1 fully saturated rings. The van der Waals surface area contributed by atoms with Crippen molar-refractivity contribution in [2.45, 2.75) is 6.92 Å². The number of phenolic OH excluding ortho intramolecular Hbond substituents is 1. The van der Waals surface area contributed by atoms with Crippen LogP contribution in [0.2, 0.25) is 0 Å². The Bertz CT molecular complexity index is 1060. The van der Waals surface area contributed by atoms with Gasteiger partial charge in [-0.1, -0.05) is 12.1 Å². The molecule has 10 nitrogen and oxygen atoms in total. The van der Waals surface area contributed by atoms with Gasteiger partial charge in [0.15, 0.2) is 11.5 Å². The lowest BCUT2D eigenvalue weighted by atomic mass is 10.1. The van der Waals surface area contributed by atoms with E-state index in [1.54, 1.807) is 6.92 Å². The number of rotatable bonds is 5. The van der Waals surface area contributed by atoms with E-state index in [9.17, 15) is 29.6 Å². The number of nitrogens with zero attached hydrogens (tertiary/aromatic N) is 2. The van der Waals surface area contributed by atoms with Gasteiger partial charge in [0, 0.05) is 12.1 Å². The van der Waals surface area contributed by atoms with Gasteiger partial charge in [0.1, 0.15) is 5.57 Å². The molecule has 10 heteroatoms. The highest BCUT2D eigenvalue weighted by molar-refractivity contribution is 6.39. The minimum absolute atomic E-state index is 0.0548. The fraction of sp³-hybridized carbons (Fsp3) is 0.105. The normalized spacial score (nSPS) is 15.4. The summed E-state index contributed by atoms with van der Waals surface area (Å²) >= 11 is 0.